The fourth-order valence-electron chi connectivity index (χ4n) is 2.40. The van der Waals surface area contributed by atoms with Crippen LogP contribution in [0.4, 0.5) is 0 Å². The highest BCUT2D eigenvalue weighted by atomic mass is 14.9. The molecule has 2 aromatic carbocycles. The highest BCUT2D eigenvalue weighted by molar-refractivity contribution is 5.95. The first kappa shape index (κ1) is 10.2. The van der Waals surface area contributed by atoms with E-state index in [2.05, 4.69) is 73.1 Å². The second-order valence-corrected chi connectivity index (χ2v) is 4.45. The van der Waals surface area contributed by atoms with E-state index in [9.17, 15) is 0 Å². The number of benzene rings is 2. The number of rotatable bonds is 1. The van der Waals surface area contributed by atoms with E-state index in [0.29, 0.717) is 0 Å². The Morgan fingerprint density at radius 2 is 1.65 bits per heavy atom. The van der Waals surface area contributed by atoms with E-state index in [4.69, 9.17) is 0 Å². The van der Waals surface area contributed by atoms with Crippen LogP contribution in [0.3, 0.4) is 0 Å². The predicted molar refractivity (Wildman–Crippen MR) is 73.1 cm³/mol. The zero-order valence-corrected chi connectivity index (χ0v) is 10.1. The van der Waals surface area contributed by atoms with E-state index in [0.717, 1.165) is 0 Å². The Kier molecular flexibility index (Phi) is 2.25. The second-order valence-electron chi connectivity index (χ2n) is 4.45. The van der Waals surface area contributed by atoms with Gasteiger partial charge in [-0.25, -0.2) is 0 Å². The van der Waals surface area contributed by atoms with Gasteiger partial charge in [-0.3, -0.25) is 0 Å². The van der Waals surface area contributed by atoms with Gasteiger partial charge in [0.2, 0.25) is 0 Å². The van der Waals surface area contributed by atoms with Crippen molar-refractivity contribution in [1.29, 1.82) is 0 Å². The van der Waals surface area contributed by atoms with E-state index in [1.807, 2.05) is 0 Å². The molecule has 1 aromatic heterocycles. The number of aryl methyl sites for hydroxylation is 2. The molecule has 0 aliphatic carbocycles. The van der Waals surface area contributed by atoms with E-state index in [1.165, 1.54) is 27.7 Å². The van der Waals surface area contributed by atoms with Crippen LogP contribution in [0.1, 0.15) is 5.69 Å². The number of hydrogen-bond acceptors (Lipinski definition) is 0. The summed E-state index contributed by atoms with van der Waals surface area (Å²) in [7, 11) is 2.13. The van der Waals surface area contributed by atoms with Crippen molar-refractivity contribution in [3.63, 3.8) is 0 Å². The smallest absolute Gasteiger partial charge is 0.0559 e. The molecule has 0 radical (unpaired) electrons. The third-order valence-electron chi connectivity index (χ3n) is 3.38. The number of fused-ring (bicyclic) bond motifs is 1. The van der Waals surface area contributed by atoms with E-state index in [-0.39, 0.29) is 0 Å². The summed E-state index contributed by atoms with van der Waals surface area (Å²) in [5, 5.41) is 1.31. The fourth-order valence-corrected chi connectivity index (χ4v) is 2.40. The maximum Gasteiger partial charge on any atom is 0.0559 e. The molecule has 1 nitrogen and oxygen atoms in total. The lowest BCUT2D eigenvalue weighted by molar-refractivity contribution is 0.919. The summed E-state index contributed by atoms with van der Waals surface area (Å²) in [5.41, 5.74) is 5.19. The average molecular weight is 221 g/mol. The number of nitrogens with zero attached hydrogens (tertiary/aromatic N) is 1. The summed E-state index contributed by atoms with van der Waals surface area (Å²) in [6, 6.07) is 19.3. The molecule has 3 rings (SSSR count). The highest BCUT2D eigenvalue weighted by Crippen LogP contribution is 2.30. The standard InChI is InChI=1S/C16H15N/c1-12-11-14-9-6-10-15(16(14)17(12)2)13-7-4-3-5-8-13/h3-11H,1-2H3. The molecular weight excluding hydrogens is 206 g/mol. The normalized spacial score (nSPS) is 10.9. The van der Waals surface area contributed by atoms with Crippen LogP contribution in [0.25, 0.3) is 22.0 Å². The van der Waals surface area contributed by atoms with Crippen molar-refractivity contribution in [2.75, 3.05) is 0 Å². The minimum Gasteiger partial charge on any atom is -0.347 e. The van der Waals surface area contributed by atoms with E-state index >= 15 is 0 Å². The lowest BCUT2D eigenvalue weighted by atomic mass is 10.0. The van der Waals surface area contributed by atoms with Crippen molar-refractivity contribution >= 4 is 10.9 Å². The Balaban J connectivity index is 2.37. The van der Waals surface area contributed by atoms with Gasteiger partial charge in [-0.1, -0.05) is 48.5 Å². The molecule has 0 aliphatic rings. The first-order valence-corrected chi connectivity index (χ1v) is 5.88. The van der Waals surface area contributed by atoms with Crippen LogP contribution in [0, 0.1) is 6.92 Å². The Morgan fingerprint density at radius 1 is 0.882 bits per heavy atom. The zero-order chi connectivity index (χ0) is 11.8. The molecule has 0 unspecified atom stereocenters. The Morgan fingerprint density at radius 3 is 2.41 bits per heavy atom. The molecule has 0 bridgehead atoms. The van der Waals surface area contributed by atoms with Gasteiger partial charge in [0.05, 0.1) is 5.52 Å². The molecular formula is C16H15N. The second kappa shape index (κ2) is 3.77. The van der Waals surface area contributed by atoms with Crippen molar-refractivity contribution < 1.29 is 0 Å². The van der Waals surface area contributed by atoms with Gasteiger partial charge in [-0.05, 0) is 18.6 Å². The third-order valence-corrected chi connectivity index (χ3v) is 3.38. The quantitative estimate of drug-likeness (QED) is 0.581. The maximum absolute atomic E-state index is 2.26. The SMILES string of the molecule is Cc1cc2cccc(-c3ccccc3)c2n1C. The van der Waals surface area contributed by atoms with Gasteiger partial charge in [-0.2, -0.15) is 0 Å². The molecule has 84 valence electrons. The molecule has 0 amide bonds. The van der Waals surface area contributed by atoms with Gasteiger partial charge >= 0.3 is 0 Å². The lowest BCUT2D eigenvalue weighted by Crippen LogP contribution is -1.91. The van der Waals surface area contributed by atoms with Crippen LogP contribution in [0.2, 0.25) is 0 Å². The minimum absolute atomic E-state index is 1.28. The molecule has 0 atom stereocenters. The zero-order valence-electron chi connectivity index (χ0n) is 10.1. The van der Waals surface area contributed by atoms with Gasteiger partial charge in [0.1, 0.15) is 0 Å². The largest absolute Gasteiger partial charge is 0.347 e. The highest BCUT2D eigenvalue weighted by Gasteiger charge is 2.08. The van der Waals surface area contributed by atoms with Crippen molar-refractivity contribution in [1.82, 2.24) is 4.57 Å². The molecule has 0 spiro atoms. The Labute approximate surface area is 101 Å². The van der Waals surface area contributed by atoms with Gasteiger partial charge < -0.3 is 4.57 Å². The first-order valence-electron chi connectivity index (χ1n) is 5.88. The molecule has 0 saturated heterocycles. The van der Waals surface area contributed by atoms with Gasteiger partial charge in [0.25, 0.3) is 0 Å². The van der Waals surface area contributed by atoms with E-state index < -0.39 is 0 Å². The van der Waals surface area contributed by atoms with Crippen LogP contribution in [-0.4, -0.2) is 4.57 Å². The molecule has 1 heterocycles. The van der Waals surface area contributed by atoms with Crippen LogP contribution in [0.5, 0.6) is 0 Å². The first-order chi connectivity index (χ1) is 8.27. The molecule has 3 aromatic rings. The molecule has 0 saturated carbocycles. The van der Waals surface area contributed by atoms with Gasteiger partial charge in [0, 0.05) is 23.7 Å². The van der Waals surface area contributed by atoms with Crippen LogP contribution < -0.4 is 0 Å². The summed E-state index contributed by atoms with van der Waals surface area (Å²) >= 11 is 0. The van der Waals surface area contributed by atoms with Crippen molar-refractivity contribution in [3.05, 3.63) is 60.3 Å². The molecule has 0 fully saturated rings. The van der Waals surface area contributed by atoms with Crippen molar-refractivity contribution in [2.45, 2.75) is 6.92 Å². The average Bonchev–Trinajstić information content (AvgIpc) is 2.66. The third kappa shape index (κ3) is 1.55. The maximum atomic E-state index is 2.26. The summed E-state index contributed by atoms with van der Waals surface area (Å²) in [6.45, 7) is 2.15. The Bertz CT molecular complexity index is 663. The molecule has 1 heteroatoms. The Hall–Kier alpha value is -2.02. The summed E-state index contributed by atoms with van der Waals surface area (Å²) in [6.07, 6.45) is 0. The summed E-state index contributed by atoms with van der Waals surface area (Å²) < 4.78 is 2.26. The summed E-state index contributed by atoms with van der Waals surface area (Å²) in [4.78, 5) is 0. The van der Waals surface area contributed by atoms with E-state index in [1.54, 1.807) is 0 Å². The molecule has 0 N–H and O–H groups in total. The lowest BCUT2D eigenvalue weighted by Gasteiger charge is -2.07. The van der Waals surface area contributed by atoms with Crippen molar-refractivity contribution in [3.8, 4) is 11.1 Å². The topological polar surface area (TPSA) is 4.93 Å². The molecule has 0 aliphatic heterocycles. The summed E-state index contributed by atoms with van der Waals surface area (Å²) in [5.74, 6) is 0. The fraction of sp³-hybridized carbons (Fsp3) is 0.125. The number of aromatic nitrogens is 1. The monoisotopic (exact) mass is 221 g/mol. The predicted octanol–water partition coefficient (Wildman–Crippen LogP) is 4.15. The molecule has 17 heavy (non-hydrogen) atoms. The number of para-hydroxylation sites is 1. The van der Waals surface area contributed by atoms with Crippen LogP contribution >= 0.6 is 0 Å². The van der Waals surface area contributed by atoms with Gasteiger partial charge in [-0.15, -0.1) is 0 Å². The minimum atomic E-state index is 1.28. The van der Waals surface area contributed by atoms with Crippen LogP contribution in [0.15, 0.2) is 54.6 Å². The number of hydrogen-bond donors (Lipinski definition) is 0. The van der Waals surface area contributed by atoms with Gasteiger partial charge in [0.15, 0.2) is 0 Å². The van der Waals surface area contributed by atoms with Crippen molar-refractivity contribution in [2.24, 2.45) is 7.05 Å². The van der Waals surface area contributed by atoms with Crippen LogP contribution in [-0.2, 0) is 7.05 Å².